The van der Waals surface area contributed by atoms with Gasteiger partial charge in [-0.3, -0.25) is 4.79 Å². The molecule has 4 aromatic rings. The molecule has 0 fully saturated rings. The molecule has 0 heterocycles. The summed E-state index contributed by atoms with van der Waals surface area (Å²) in [6.07, 6.45) is 0.682. The van der Waals surface area contributed by atoms with Gasteiger partial charge in [-0.1, -0.05) is 55.5 Å². The van der Waals surface area contributed by atoms with E-state index in [1.54, 1.807) is 7.11 Å². The SMILES string of the molecule is CC/C(=C(\C(=O)Nc1ccc(OCCN(C)C)cc1)c1ccc(OCOC)cc1)c1ccc2ccccc2c1. The molecular formula is C33H36N2O4. The number of carbonyl (C=O) groups excluding carboxylic acids is 1. The highest BCUT2D eigenvalue weighted by Crippen LogP contribution is 2.33. The van der Waals surface area contributed by atoms with E-state index in [1.807, 2.05) is 74.8 Å². The van der Waals surface area contributed by atoms with Gasteiger partial charge in [-0.15, -0.1) is 0 Å². The number of nitrogens with one attached hydrogen (secondary N) is 1. The maximum Gasteiger partial charge on any atom is 0.256 e. The minimum absolute atomic E-state index is 0.161. The van der Waals surface area contributed by atoms with Crippen LogP contribution in [0.3, 0.4) is 0 Å². The minimum Gasteiger partial charge on any atom is -0.492 e. The Morgan fingerprint density at radius 2 is 1.44 bits per heavy atom. The zero-order valence-corrected chi connectivity index (χ0v) is 23.1. The van der Waals surface area contributed by atoms with Gasteiger partial charge in [-0.2, -0.15) is 0 Å². The molecule has 1 N–H and O–H groups in total. The van der Waals surface area contributed by atoms with E-state index in [2.05, 4.69) is 47.5 Å². The highest BCUT2D eigenvalue weighted by atomic mass is 16.7. The van der Waals surface area contributed by atoms with Crippen LogP contribution in [0, 0.1) is 0 Å². The van der Waals surface area contributed by atoms with Crippen LogP contribution in [0.1, 0.15) is 24.5 Å². The van der Waals surface area contributed by atoms with Gasteiger partial charge < -0.3 is 24.4 Å². The number of likely N-dealkylation sites (N-methyl/N-ethyl adjacent to an activating group) is 1. The van der Waals surface area contributed by atoms with Crippen molar-refractivity contribution in [2.24, 2.45) is 0 Å². The van der Waals surface area contributed by atoms with Crippen molar-refractivity contribution in [3.8, 4) is 11.5 Å². The summed E-state index contributed by atoms with van der Waals surface area (Å²) in [7, 11) is 5.60. The molecule has 0 aliphatic heterocycles. The fourth-order valence-electron chi connectivity index (χ4n) is 4.36. The highest BCUT2D eigenvalue weighted by molar-refractivity contribution is 6.31. The van der Waals surface area contributed by atoms with Gasteiger partial charge in [0.05, 0.1) is 5.57 Å². The molecular weight excluding hydrogens is 488 g/mol. The number of nitrogens with zero attached hydrogens (tertiary/aromatic N) is 1. The molecule has 0 bridgehead atoms. The number of methoxy groups -OCH3 is 1. The van der Waals surface area contributed by atoms with Crippen LogP contribution in [0.4, 0.5) is 5.69 Å². The smallest absolute Gasteiger partial charge is 0.256 e. The summed E-state index contributed by atoms with van der Waals surface area (Å²) < 4.78 is 16.4. The molecule has 4 aromatic carbocycles. The van der Waals surface area contributed by atoms with Gasteiger partial charge in [-0.05, 0) is 90.5 Å². The van der Waals surface area contributed by atoms with Gasteiger partial charge in [0.25, 0.3) is 5.91 Å². The van der Waals surface area contributed by atoms with Crippen LogP contribution < -0.4 is 14.8 Å². The van der Waals surface area contributed by atoms with E-state index in [-0.39, 0.29) is 12.7 Å². The summed E-state index contributed by atoms with van der Waals surface area (Å²) >= 11 is 0. The van der Waals surface area contributed by atoms with E-state index in [4.69, 9.17) is 14.2 Å². The molecule has 0 saturated carbocycles. The first kappa shape index (κ1) is 27.9. The van der Waals surface area contributed by atoms with Crippen molar-refractivity contribution >= 4 is 33.5 Å². The van der Waals surface area contributed by atoms with Crippen molar-refractivity contribution in [2.75, 3.05) is 46.5 Å². The predicted octanol–water partition coefficient (Wildman–Crippen LogP) is 6.72. The Kier molecular flexibility index (Phi) is 9.73. The molecule has 4 rings (SSSR count). The molecule has 0 saturated heterocycles. The Morgan fingerprint density at radius 3 is 2.10 bits per heavy atom. The normalized spacial score (nSPS) is 11.8. The van der Waals surface area contributed by atoms with Gasteiger partial charge in [-0.25, -0.2) is 0 Å². The van der Waals surface area contributed by atoms with Crippen LogP contribution in [0.15, 0.2) is 91.0 Å². The van der Waals surface area contributed by atoms with Crippen molar-refractivity contribution in [2.45, 2.75) is 13.3 Å². The summed E-state index contributed by atoms with van der Waals surface area (Å²) in [6, 6.07) is 29.6. The number of benzene rings is 4. The number of allylic oxidation sites excluding steroid dienone is 1. The second kappa shape index (κ2) is 13.6. The van der Waals surface area contributed by atoms with Crippen molar-refractivity contribution in [3.63, 3.8) is 0 Å². The molecule has 6 heteroatoms. The second-order valence-electron chi connectivity index (χ2n) is 9.47. The molecule has 0 aliphatic carbocycles. The molecule has 39 heavy (non-hydrogen) atoms. The Bertz CT molecular complexity index is 1410. The van der Waals surface area contributed by atoms with Crippen LogP contribution in [0.2, 0.25) is 0 Å². The summed E-state index contributed by atoms with van der Waals surface area (Å²) in [5.74, 6) is 1.27. The lowest BCUT2D eigenvalue weighted by atomic mass is 9.91. The third-order valence-corrected chi connectivity index (χ3v) is 6.39. The van der Waals surface area contributed by atoms with Crippen LogP contribution >= 0.6 is 0 Å². The molecule has 202 valence electrons. The Balaban J connectivity index is 1.67. The van der Waals surface area contributed by atoms with Gasteiger partial charge in [0.15, 0.2) is 6.79 Å². The minimum atomic E-state index is -0.174. The molecule has 1 amide bonds. The fourth-order valence-corrected chi connectivity index (χ4v) is 4.36. The molecule has 6 nitrogen and oxygen atoms in total. The number of rotatable bonds is 12. The lowest BCUT2D eigenvalue weighted by Gasteiger charge is -2.17. The first-order valence-electron chi connectivity index (χ1n) is 13.1. The van der Waals surface area contributed by atoms with Crippen LogP contribution in [0.25, 0.3) is 21.9 Å². The largest absolute Gasteiger partial charge is 0.492 e. The standard InChI is InChI=1S/C33H36N2O4/c1-5-31(27-11-10-24-8-6-7-9-26(24)22-27)32(25-12-16-30(17-13-25)39-23-37-4)33(36)34-28-14-18-29(19-15-28)38-21-20-35(2)3/h6-19,22H,5,20-21,23H2,1-4H3,(H,34,36)/b32-31+. The quantitative estimate of drug-likeness (QED) is 0.127. The van der Waals surface area contributed by atoms with Crippen LogP contribution in [-0.4, -0.2) is 52.0 Å². The number of hydrogen-bond acceptors (Lipinski definition) is 5. The molecule has 0 spiro atoms. The highest BCUT2D eigenvalue weighted by Gasteiger charge is 2.19. The number of anilines is 1. The van der Waals surface area contributed by atoms with E-state index in [1.165, 1.54) is 0 Å². The van der Waals surface area contributed by atoms with E-state index in [9.17, 15) is 4.79 Å². The van der Waals surface area contributed by atoms with Crippen LogP contribution in [-0.2, 0) is 9.53 Å². The second-order valence-corrected chi connectivity index (χ2v) is 9.47. The molecule has 0 unspecified atom stereocenters. The summed E-state index contributed by atoms with van der Waals surface area (Å²) in [6.45, 7) is 3.67. The number of carbonyl (C=O) groups is 1. The first-order valence-corrected chi connectivity index (χ1v) is 13.1. The lowest BCUT2D eigenvalue weighted by molar-refractivity contribution is -0.111. The topological polar surface area (TPSA) is 60.0 Å². The van der Waals surface area contributed by atoms with E-state index < -0.39 is 0 Å². The van der Waals surface area contributed by atoms with Crippen molar-refractivity contribution in [3.05, 3.63) is 102 Å². The van der Waals surface area contributed by atoms with Gasteiger partial charge in [0.2, 0.25) is 0 Å². The van der Waals surface area contributed by atoms with Crippen molar-refractivity contribution < 1.29 is 19.0 Å². The van der Waals surface area contributed by atoms with Gasteiger partial charge in [0.1, 0.15) is 18.1 Å². The monoisotopic (exact) mass is 524 g/mol. The number of fused-ring (bicyclic) bond motifs is 1. The fraction of sp³-hybridized carbons (Fsp3) is 0.242. The Hall–Kier alpha value is -4.13. The maximum absolute atomic E-state index is 13.9. The zero-order valence-electron chi connectivity index (χ0n) is 23.1. The van der Waals surface area contributed by atoms with Crippen molar-refractivity contribution in [1.29, 1.82) is 0 Å². The number of amides is 1. The Morgan fingerprint density at radius 1 is 0.795 bits per heavy atom. The van der Waals surface area contributed by atoms with Gasteiger partial charge in [0, 0.05) is 19.3 Å². The third kappa shape index (κ3) is 7.47. The Labute approximate surface area is 230 Å². The van der Waals surface area contributed by atoms with E-state index in [0.717, 1.165) is 39.8 Å². The first-order chi connectivity index (χ1) is 19.0. The lowest BCUT2D eigenvalue weighted by Crippen LogP contribution is -2.19. The van der Waals surface area contributed by atoms with Crippen molar-refractivity contribution in [1.82, 2.24) is 4.90 Å². The van der Waals surface area contributed by atoms with Gasteiger partial charge >= 0.3 is 0 Å². The summed E-state index contributed by atoms with van der Waals surface area (Å²) in [4.78, 5) is 16.0. The number of hydrogen-bond donors (Lipinski definition) is 1. The summed E-state index contributed by atoms with van der Waals surface area (Å²) in [5.41, 5.74) is 4.12. The molecule has 0 radical (unpaired) electrons. The average molecular weight is 525 g/mol. The third-order valence-electron chi connectivity index (χ3n) is 6.39. The van der Waals surface area contributed by atoms with E-state index in [0.29, 0.717) is 30.0 Å². The number of ether oxygens (including phenoxy) is 3. The van der Waals surface area contributed by atoms with E-state index >= 15 is 0 Å². The van der Waals surface area contributed by atoms with Crippen LogP contribution in [0.5, 0.6) is 11.5 Å². The molecule has 0 aromatic heterocycles. The molecule has 0 aliphatic rings. The zero-order chi connectivity index (χ0) is 27.6. The predicted molar refractivity (Wildman–Crippen MR) is 159 cm³/mol. The maximum atomic E-state index is 13.9. The summed E-state index contributed by atoms with van der Waals surface area (Å²) in [5, 5.41) is 5.40. The molecule has 0 atom stereocenters. The average Bonchev–Trinajstić information content (AvgIpc) is 2.95.